The molecule has 1 rings (SSSR count). The van der Waals surface area contributed by atoms with E-state index in [-0.39, 0.29) is 36.2 Å². The lowest BCUT2D eigenvalue weighted by Crippen LogP contribution is -2.34. The number of phenols is 1. The summed E-state index contributed by atoms with van der Waals surface area (Å²) in [5.41, 5.74) is 0.567. The van der Waals surface area contributed by atoms with Gasteiger partial charge in [0.25, 0.3) is 5.91 Å². The largest absolute Gasteiger partial charge is 0.508 e. The van der Waals surface area contributed by atoms with Crippen LogP contribution in [-0.4, -0.2) is 29.5 Å². The Morgan fingerprint density at radius 1 is 1.32 bits per heavy atom. The van der Waals surface area contributed by atoms with Crippen molar-refractivity contribution in [3.8, 4) is 11.8 Å². The number of nitrogens with one attached hydrogen (secondary N) is 2. The maximum absolute atomic E-state index is 11.9. The highest BCUT2D eigenvalue weighted by atomic mass is 16.3. The molecule has 3 N–H and O–H groups in total. The Balaban J connectivity index is 2.57. The minimum Gasteiger partial charge on any atom is -0.508 e. The molecule has 0 spiro atoms. The van der Waals surface area contributed by atoms with Gasteiger partial charge in [0.15, 0.2) is 0 Å². The van der Waals surface area contributed by atoms with Gasteiger partial charge in [0.1, 0.15) is 17.4 Å². The summed E-state index contributed by atoms with van der Waals surface area (Å²) in [6.45, 7) is 3.86. The first-order valence-corrected chi connectivity index (χ1v) is 6.90. The number of hydrogen-bond donors (Lipinski definition) is 3. The summed E-state index contributed by atoms with van der Waals surface area (Å²) in [5, 5.41) is 23.5. The van der Waals surface area contributed by atoms with Gasteiger partial charge in [0, 0.05) is 19.0 Å². The van der Waals surface area contributed by atoms with Crippen LogP contribution in [0.2, 0.25) is 0 Å². The van der Waals surface area contributed by atoms with Gasteiger partial charge in [-0.05, 0) is 37.6 Å². The molecule has 6 heteroatoms. The van der Waals surface area contributed by atoms with Crippen molar-refractivity contribution in [2.75, 3.05) is 6.54 Å². The normalized spacial score (nSPS) is 10.9. The molecule has 0 atom stereocenters. The smallest absolute Gasteiger partial charge is 0.261 e. The van der Waals surface area contributed by atoms with E-state index < -0.39 is 5.91 Å². The molecule has 1 aromatic rings. The third-order valence-corrected chi connectivity index (χ3v) is 2.66. The Bertz CT molecular complexity index is 598. The van der Waals surface area contributed by atoms with Crippen LogP contribution < -0.4 is 10.6 Å². The monoisotopic (exact) mass is 301 g/mol. The Morgan fingerprint density at radius 3 is 2.50 bits per heavy atom. The number of rotatable bonds is 6. The van der Waals surface area contributed by atoms with Crippen molar-refractivity contribution < 1.29 is 14.7 Å². The molecule has 22 heavy (non-hydrogen) atoms. The lowest BCUT2D eigenvalue weighted by molar-refractivity contribution is -0.121. The summed E-state index contributed by atoms with van der Waals surface area (Å²) in [7, 11) is 0. The van der Waals surface area contributed by atoms with Gasteiger partial charge in [-0.1, -0.05) is 12.1 Å². The summed E-state index contributed by atoms with van der Waals surface area (Å²) in [6, 6.07) is 7.99. The molecule has 0 bridgehead atoms. The number of amides is 2. The Labute approximate surface area is 129 Å². The minimum absolute atomic E-state index is 0.0484. The van der Waals surface area contributed by atoms with Gasteiger partial charge in [-0.2, -0.15) is 5.26 Å². The molecule has 0 radical (unpaired) electrons. The van der Waals surface area contributed by atoms with Crippen LogP contribution in [0.1, 0.15) is 25.8 Å². The van der Waals surface area contributed by atoms with E-state index >= 15 is 0 Å². The van der Waals surface area contributed by atoms with E-state index in [9.17, 15) is 14.7 Å². The van der Waals surface area contributed by atoms with E-state index in [0.717, 1.165) is 0 Å². The lowest BCUT2D eigenvalue weighted by Gasteiger charge is -2.08. The second-order valence-corrected chi connectivity index (χ2v) is 4.99. The number of hydrogen-bond acceptors (Lipinski definition) is 4. The number of nitrogens with zero attached hydrogens (tertiary/aromatic N) is 1. The van der Waals surface area contributed by atoms with E-state index in [0.29, 0.717) is 5.56 Å². The van der Waals surface area contributed by atoms with Crippen LogP contribution >= 0.6 is 0 Å². The zero-order chi connectivity index (χ0) is 16.5. The van der Waals surface area contributed by atoms with Gasteiger partial charge < -0.3 is 15.7 Å². The maximum atomic E-state index is 11.9. The van der Waals surface area contributed by atoms with Crippen LogP contribution in [0.25, 0.3) is 6.08 Å². The molecule has 0 unspecified atom stereocenters. The van der Waals surface area contributed by atoms with E-state index in [1.54, 1.807) is 12.1 Å². The van der Waals surface area contributed by atoms with Crippen LogP contribution in [0.5, 0.6) is 5.75 Å². The predicted molar refractivity (Wildman–Crippen MR) is 82.6 cm³/mol. The predicted octanol–water partition coefficient (Wildman–Crippen LogP) is 1.33. The molecule has 0 aromatic heterocycles. The van der Waals surface area contributed by atoms with E-state index in [1.807, 2.05) is 19.9 Å². The van der Waals surface area contributed by atoms with E-state index in [2.05, 4.69) is 10.6 Å². The number of benzene rings is 1. The van der Waals surface area contributed by atoms with Crippen LogP contribution in [0.15, 0.2) is 29.8 Å². The first kappa shape index (κ1) is 17.2. The molecule has 1 aromatic carbocycles. The molecular weight excluding hydrogens is 282 g/mol. The van der Waals surface area contributed by atoms with Gasteiger partial charge in [0.2, 0.25) is 5.91 Å². The number of carbonyl (C=O) groups excluding carboxylic acids is 2. The second-order valence-electron chi connectivity index (χ2n) is 4.99. The lowest BCUT2D eigenvalue weighted by atomic mass is 10.1. The zero-order valence-electron chi connectivity index (χ0n) is 12.6. The van der Waals surface area contributed by atoms with Gasteiger partial charge in [0.05, 0.1) is 0 Å². The first-order chi connectivity index (χ1) is 10.4. The molecule has 0 aliphatic heterocycles. The van der Waals surface area contributed by atoms with Crippen LogP contribution in [0, 0.1) is 11.3 Å². The highest BCUT2D eigenvalue weighted by molar-refractivity contribution is 6.01. The van der Waals surface area contributed by atoms with Crippen molar-refractivity contribution in [1.29, 1.82) is 5.26 Å². The molecule has 0 aliphatic carbocycles. The quantitative estimate of drug-likeness (QED) is 0.545. The number of carbonyl (C=O) groups is 2. The van der Waals surface area contributed by atoms with Gasteiger partial charge in [-0.3, -0.25) is 9.59 Å². The summed E-state index contributed by atoms with van der Waals surface area (Å²) in [4.78, 5) is 23.3. The first-order valence-electron chi connectivity index (χ1n) is 6.90. The highest BCUT2D eigenvalue weighted by Gasteiger charge is 2.10. The number of phenolic OH excluding ortho intramolecular Hbond substituents is 1. The number of aromatic hydroxyl groups is 1. The summed E-state index contributed by atoms with van der Waals surface area (Å²) >= 11 is 0. The maximum Gasteiger partial charge on any atom is 0.261 e. The van der Waals surface area contributed by atoms with Crippen LogP contribution in [0.4, 0.5) is 0 Å². The fraction of sp³-hybridized carbons (Fsp3) is 0.312. The van der Waals surface area contributed by atoms with Crippen molar-refractivity contribution in [1.82, 2.24) is 10.6 Å². The SMILES string of the molecule is CC(C)NC(=O)CCNC(=O)/C(C#N)=C/c1ccc(O)cc1. The van der Waals surface area contributed by atoms with Crippen molar-refractivity contribution in [3.05, 3.63) is 35.4 Å². The van der Waals surface area contributed by atoms with Crippen LogP contribution in [-0.2, 0) is 9.59 Å². The third-order valence-electron chi connectivity index (χ3n) is 2.66. The van der Waals surface area contributed by atoms with Crippen LogP contribution in [0.3, 0.4) is 0 Å². The second kappa shape index (κ2) is 8.47. The summed E-state index contributed by atoms with van der Waals surface area (Å²) in [6.07, 6.45) is 1.57. The van der Waals surface area contributed by atoms with Gasteiger partial charge >= 0.3 is 0 Å². The van der Waals surface area contributed by atoms with Crippen molar-refractivity contribution in [2.45, 2.75) is 26.3 Å². The average molecular weight is 301 g/mol. The molecule has 116 valence electrons. The van der Waals surface area contributed by atoms with Crippen molar-refractivity contribution >= 4 is 17.9 Å². The van der Waals surface area contributed by atoms with Gasteiger partial charge in [-0.25, -0.2) is 0 Å². The molecule has 0 saturated carbocycles. The molecule has 6 nitrogen and oxygen atoms in total. The summed E-state index contributed by atoms with van der Waals surface area (Å²) in [5.74, 6) is -0.583. The Kier molecular flexibility index (Phi) is 6.64. The van der Waals surface area contributed by atoms with E-state index in [4.69, 9.17) is 5.26 Å². The molecule has 0 saturated heterocycles. The molecule has 0 aliphatic rings. The Hall–Kier alpha value is -2.81. The summed E-state index contributed by atoms with van der Waals surface area (Å²) < 4.78 is 0. The zero-order valence-corrected chi connectivity index (χ0v) is 12.6. The Morgan fingerprint density at radius 2 is 1.95 bits per heavy atom. The van der Waals surface area contributed by atoms with Crippen molar-refractivity contribution in [2.24, 2.45) is 0 Å². The van der Waals surface area contributed by atoms with Crippen molar-refractivity contribution in [3.63, 3.8) is 0 Å². The average Bonchev–Trinajstić information content (AvgIpc) is 2.45. The fourth-order valence-corrected chi connectivity index (χ4v) is 1.66. The standard InChI is InChI=1S/C16H19N3O3/c1-11(2)19-15(21)7-8-18-16(22)13(10-17)9-12-3-5-14(20)6-4-12/h3-6,9,11,20H,7-8H2,1-2H3,(H,18,22)(H,19,21)/b13-9+. The minimum atomic E-state index is -0.534. The van der Waals surface area contributed by atoms with E-state index in [1.165, 1.54) is 18.2 Å². The third kappa shape index (κ3) is 6.09. The molecule has 0 fully saturated rings. The molecule has 0 heterocycles. The molecular formula is C16H19N3O3. The fourth-order valence-electron chi connectivity index (χ4n) is 1.66. The topological polar surface area (TPSA) is 102 Å². The molecule has 2 amide bonds. The number of nitriles is 1. The highest BCUT2D eigenvalue weighted by Crippen LogP contribution is 2.12. The van der Waals surface area contributed by atoms with Gasteiger partial charge in [-0.15, -0.1) is 0 Å².